The molecule has 8 heteroatoms. The van der Waals surface area contributed by atoms with E-state index in [-0.39, 0.29) is 23.4 Å². The molecule has 3 unspecified atom stereocenters. The summed E-state index contributed by atoms with van der Waals surface area (Å²) in [6.45, 7) is 7.24. The van der Waals surface area contributed by atoms with Crippen molar-refractivity contribution in [3.8, 4) is 5.75 Å². The number of nitrogens with zero attached hydrogens (tertiary/aromatic N) is 3. The molecule has 27 heavy (non-hydrogen) atoms. The van der Waals surface area contributed by atoms with E-state index >= 15 is 0 Å². The van der Waals surface area contributed by atoms with Crippen molar-refractivity contribution >= 4 is 27.9 Å². The Balaban J connectivity index is 1.67. The zero-order valence-corrected chi connectivity index (χ0v) is 17.5. The van der Waals surface area contributed by atoms with Gasteiger partial charge in [-0.05, 0) is 46.3 Å². The highest BCUT2D eigenvalue weighted by molar-refractivity contribution is 9.10. The van der Waals surface area contributed by atoms with Gasteiger partial charge in [-0.25, -0.2) is 9.78 Å². The summed E-state index contributed by atoms with van der Waals surface area (Å²) < 4.78 is 6.55. The maximum atomic E-state index is 12.9. The summed E-state index contributed by atoms with van der Waals surface area (Å²) in [6.07, 6.45) is 2.17. The SMILES string of the molecule is CC(C)(C)C1CC(N2CCC(Oc3ccc(Br)nc3)C2=O)CCN1C(=O)O. The normalized spacial score (nSPS) is 26.4. The average Bonchev–Trinajstić information content (AvgIpc) is 2.96. The quantitative estimate of drug-likeness (QED) is 0.729. The number of carboxylic acid groups (broad SMARTS) is 1. The lowest BCUT2D eigenvalue weighted by Crippen LogP contribution is -2.56. The number of ether oxygens (including phenoxy) is 1. The van der Waals surface area contributed by atoms with E-state index in [1.54, 1.807) is 18.3 Å². The number of amides is 2. The first-order valence-corrected chi connectivity index (χ1v) is 10.0. The standard InChI is InChI=1S/C19H26BrN3O4/c1-19(2,3)15-10-12(6-8-23(15)18(25)26)22-9-7-14(17(22)24)27-13-4-5-16(20)21-11-13/h4-5,11-12,14-15H,6-10H2,1-3H3,(H,25,26). The predicted octanol–water partition coefficient (Wildman–Crippen LogP) is 3.38. The fraction of sp³-hybridized carbons (Fsp3) is 0.632. The molecule has 3 heterocycles. The number of carbonyl (C=O) groups is 2. The smallest absolute Gasteiger partial charge is 0.407 e. The van der Waals surface area contributed by atoms with Gasteiger partial charge >= 0.3 is 6.09 Å². The van der Waals surface area contributed by atoms with Gasteiger partial charge in [0.2, 0.25) is 0 Å². The molecule has 0 aliphatic carbocycles. The molecule has 0 spiro atoms. The lowest BCUT2D eigenvalue weighted by molar-refractivity contribution is -0.136. The summed E-state index contributed by atoms with van der Waals surface area (Å²) in [4.78, 5) is 32.0. The van der Waals surface area contributed by atoms with E-state index in [4.69, 9.17) is 4.74 Å². The van der Waals surface area contributed by atoms with Gasteiger partial charge in [0.05, 0.1) is 6.20 Å². The highest BCUT2D eigenvalue weighted by Crippen LogP contribution is 2.35. The van der Waals surface area contributed by atoms with Crippen LogP contribution < -0.4 is 4.74 Å². The highest BCUT2D eigenvalue weighted by Gasteiger charge is 2.44. The minimum absolute atomic E-state index is 0.0145. The van der Waals surface area contributed by atoms with Crippen molar-refractivity contribution < 1.29 is 19.4 Å². The van der Waals surface area contributed by atoms with Crippen LogP contribution in [0.5, 0.6) is 5.75 Å². The first kappa shape index (κ1) is 19.9. The fourth-order valence-electron chi connectivity index (χ4n) is 4.02. The molecule has 2 aliphatic rings. The van der Waals surface area contributed by atoms with Crippen LogP contribution in [0.2, 0.25) is 0 Å². The number of halogens is 1. The molecule has 2 amide bonds. The van der Waals surface area contributed by atoms with Gasteiger partial charge in [0.25, 0.3) is 5.91 Å². The van der Waals surface area contributed by atoms with Crippen LogP contribution in [0.25, 0.3) is 0 Å². The molecule has 2 fully saturated rings. The summed E-state index contributed by atoms with van der Waals surface area (Å²) >= 11 is 3.28. The maximum Gasteiger partial charge on any atom is 0.407 e. The molecular formula is C19H26BrN3O4. The zero-order chi connectivity index (χ0) is 19.8. The second-order valence-electron chi connectivity index (χ2n) is 8.28. The van der Waals surface area contributed by atoms with E-state index in [1.807, 2.05) is 25.7 Å². The van der Waals surface area contributed by atoms with E-state index in [1.165, 1.54) is 4.90 Å². The third-order valence-electron chi connectivity index (χ3n) is 5.43. The fourth-order valence-corrected chi connectivity index (χ4v) is 4.26. The maximum absolute atomic E-state index is 12.9. The van der Waals surface area contributed by atoms with Gasteiger partial charge in [-0.3, -0.25) is 4.79 Å². The number of hydrogen-bond donors (Lipinski definition) is 1. The molecule has 148 valence electrons. The van der Waals surface area contributed by atoms with Crippen molar-refractivity contribution in [2.45, 2.75) is 58.2 Å². The monoisotopic (exact) mass is 439 g/mol. The van der Waals surface area contributed by atoms with Gasteiger partial charge < -0.3 is 19.6 Å². The minimum atomic E-state index is -0.884. The van der Waals surface area contributed by atoms with E-state index in [0.29, 0.717) is 42.7 Å². The van der Waals surface area contributed by atoms with Crippen LogP contribution in [0.15, 0.2) is 22.9 Å². The Morgan fingerprint density at radius 1 is 1.30 bits per heavy atom. The molecule has 1 N–H and O–H groups in total. The summed E-state index contributed by atoms with van der Waals surface area (Å²) in [6, 6.07) is 3.50. The summed E-state index contributed by atoms with van der Waals surface area (Å²) in [5.74, 6) is 0.561. The van der Waals surface area contributed by atoms with Crippen molar-refractivity contribution in [1.29, 1.82) is 0 Å². The van der Waals surface area contributed by atoms with E-state index in [9.17, 15) is 14.7 Å². The second kappa shape index (κ2) is 7.66. The first-order chi connectivity index (χ1) is 12.7. The molecule has 0 saturated carbocycles. The number of piperidine rings is 1. The van der Waals surface area contributed by atoms with E-state index < -0.39 is 12.2 Å². The number of carbonyl (C=O) groups excluding carboxylic acids is 1. The number of aromatic nitrogens is 1. The van der Waals surface area contributed by atoms with Crippen molar-refractivity contribution in [3.63, 3.8) is 0 Å². The summed E-state index contributed by atoms with van der Waals surface area (Å²) in [5.41, 5.74) is -0.182. The molecule has 7 nitrogen and oxygen atoms in total. The van der Waals surface area contributed by atoms with Crippen LogP contribution in [0.3, 0.4) is 0 Å². The second-order valence-corrected chi connectivity index (χ2v) is 9.09. The number of pyridine rings is 1. The van der Waals surface area contributed by atoms with Gasteiger partial charge in [0, 0.05) is 31.6 Å². The average molecular weight is 440 g/mol. The van der Waals surface area contributed by atoms with Crippen LogP contribution in [0.1, 0.15) is 40.0 Å². The number of likely N-dealkylation sites (tertiary alicyclic amines) is 2. The molecule has 1 aromatic rings. The predicted molar refractivity (Wildman–Crippen MR) is 104 cm³/mol. The Morgan fingerprint density at radius 2 is 2.04 bits per heavy atom. The summed E-state index contributed by atoms with van der Waals surface area (Å²) in [7, 11) is 0. The van der Waals surface area contributed by atoms with Gasteiger partial charge in [-0.1, -0.05) is 20.8 Å². The molecule has 3 atom stereocenters. The molecule has 2 saturated heterocycles. The number of hydrogen-bond acceptors (Lipinski definition) is 4. The van der Waals surface area contributed by atoms with Crippen LogP contribution in [-0.4, -0.2) is 63.2 Å². The molecule has 0 bridgehead atoms. The van der Waals surface area contributed by atoms with Crippen LogP contribution in [-0.2, 0) is 4.79 Å². The summed E-state index contributed by atoms with van der Waals surface area (Å²) in [5, 5.41) is 9.52. The Morgan fingerprint density at radius 3 is 2.63 bits per heavy atom. The van der Waals surface area contributed by atoms with E-state index in [2.05, 4.69) is 20.9 Å². The molecule has 0 aromatic carbocycles. The molecular weight excluding hydrogens is 414 g/mol. The lowest BCUT2D eigenvalue weighted by Gasteiger charge is -2.46. The molecule has 1 aromatic heterocycles. The van der Waals surface area contributed by atoms with Gasteiger partial charge in [-0.15, -0.1) is 0 Å². The zero-order valence-electron chi connectivity index (χ0n) is 15.9. The topological polar surface area (TPSA) is 83.0 Å². The van der Waals surface area contributed by atoms with Crippen molar-refractivity contribution in [2.24, 2.45) is 5.41 Å². The molecule has 3 rings (SSSR count). The van der Waals surface area contributed by atoms with Crippen LogP contribution >= 0.6 is 15.9 Å². The largest absolute Gasteiger partial charge is 0.479 e. The minimum Gasteiger partial charge on any atom is -0.479 e. The lowest BCUT2D eigenvalue weighted by atomic mass is 9.79. The Kier molecular flexibility index (Phi) is 5.65. The third kappa shape index (κ3) is 4.36. The Hall–Kier alpha value is -1.83. The third-order valence-corrected chi connectivity index (χ3v) is 5.90. The van der Waals surface area contributed by atoms with Crippen molar-refractivity contribution in [2.75, 3.05) is 13.1 Å². The Labute approximate surface area is 167 Å². The van der Waals surface area contributed by atoms with Gasteiger partial charge in [0.15, 0.2) is 6.10 Å². The Bertz CT molecular complexity index is 704. The van der Waals surface area contributed by atoms with E-state index in [0.717, 1.165) is 0 Å². The molecule has 0 radical (unpaired) electrons. The van der Waals surface area contributed by atoms with Crippen molar-refractivity contribution in [1.82, 2.24) is 14.8 Å². The van der Waals surface area contributed by atoms with Crippen LogP contribution in [0, 0.1) is 5.41 Å². The van der Waals surface area contributed by atoms with Gasteiger partial charge in [-0.2, -0.15) is 0 Å². The highest BCUT2D eigenvalue weighted by atomic mass is 79.9. The first-order valence-electron chi connectivity index (χ1n) is 9.25. The molecule has 2 aliphatic heterocycles. The van der Waals surface area contributed by atoms with Crippen LogP contribution in [0.4, 0.5) is 4.79 Å². The van der Waals surface area contributed by atoms with Gasteiger partial charge in [0.1, 0.15) is 10.4 Å². The number of rotatable bonds is 3. The van der Waals surface area contributed by atoms with Crippen molar-refractivity contribution in [3.05, 3.63) is 22.9 Å².